The first kappa shape index (κ1) is 21.2. The lowest BCUT2D eigenvalue weighted by atomic mass is 10.0. The van der Waals surface area contributed by atoms with Crippen molar-refractivity contribution in [1.29, 1.82) is 0 Å². The van der Waals surface area contributed by atoms with Crippen molar-refractivity contribution in [1.82, 2.24) is 10.2 Å². The Bertz CT molecular complexity index is 844. The minimum Gasteiger partial charge on any atom is -0.406 e. The Balaban J connectivity index is 1.68. The zero-order valence-corrected chi connectivity index (χ0v) is 16.5. The minimum absolute atomic E-state index is 0.129. The van der Waals surface area contributed by atoms with Gasteiger partial charge in [-0.05, 0) is 62.1 Å². The van der Waals surface area contributed by atoms with Crippen molar-refractivity contribution in [3.63, 3.8) is 0 Å². The van der Waals surface area contributed by atoms with Crippen LogP contribution in [0.3, 0.4) is 0 Å². The second kappa shape index (κ2) is 8.86. The lowest BCUT2D eigenvalue weighted by Crippen LogP contribution is -2.46. The van der Waals surface area contributed by atoms with Gasteiger partial charge in [-0.3, -0.25) is 4.79 Å². The van der Waals surface area contributed by atoms with E-state index in [2.05, 4.69) is 28.8 Å². The molecule has 0 bridgehead atoms. The molecule has 3 rings (SSSR count). The van der Waals surface area contributed by atoms with Crippen LogP contribution in [0.1, 0.15) is 37.0 Å². The van der Waals surface area contributed by atoms with Gasteiger partial charge in [-0.2, -0.15) is 0 Å². The van der Waals surface area contributed by atoms with Crippen LogP contribution < -0.4 is 10.1 Å². The Morgan fingerprint density at radius 2 is 1.69 bits per heavy atom. The van der Waals surface area contributed by atoms with Gasteiger partial charge in [0.05, 0.1) is 0 Å². The van der Waals surface area contributed by atoms with Gasteiger partial charge >= 0.3 is 6.36 Å². The number of carbonyl (C=O) groups is 1. The Hall–Kier alpha value is -2.54. The molecule has 2 aromatic carbocycles. The largest absolute Gasteiger partial charge is 0.573 e. The van der Waals surface area contributed by atoms with Gasteiger partial charge in [0.15, 0.2) is 0 Å². The quantitative estimate of drug-likeness (QED) is 0.772. The minimum atomic E-state index is -4.74. The van der Waals surface area contributed by atoms with E-state index in [0.717, 1.165) is 25.9 Å². The number of rotatable bonds is 5. The molecule has 29 heavy (non-hydrogen) atoms. The topological polar surface area (TPSA) is 41.6 Å². The van der Waals surface area contributed by atoms with Crippen LogP contribution in [-0.4, -0.2) is 42.3 Å². The van der Waals surface area contributed by atoms with Gasteiger partial charge in [-0.1, -0.05) is 24.3 Å². The number of alkyl halides is 3. The van der Waals surface area contributed by atoms with Crippen LogP contribution in [0, 0.1) is 0 Å². The Morgan fingerprint density at radius 3 is 2.31 bits per heavy atom. The second-order valence-corrected chi connectivity index (χ2v) is 7.53. The van der Waals surface area contributed by atoms with Crippen molar-refractivity contribution in [3.05, 3.63) is 54.1 Å². The zero-order valence-electron chi connectivity index (χ0n) is 16.5. The van der Waals surface area contributed by atoms with E-state index in [4.69, 9.17) is 0 Å². The number of halogens is 3. The molecular weight excluding hydrogens is 381 g/mol. The number of hydrogen-bond acceptors (Lipinski definition) is 3. The van der Waals surface area contributed by atoms with E-state index in [9.17, 15) is 18.0 Å². The number of likely N-dealkylation sites (tertiary alicyclic amines) is 1. The predicted molar refractivity (Wildman–Crippen MR) is 106 cm³/mol. The number of amides is 1. The van der Waals surface area contributed by atoms with Crippen molar-refractivity contribution in [2.45, 2.75) is 45.1 Å². The number of hydrogen-bond donors (Lipinski definition) is 1. The third-order valence-electron chi connectivity index (χ3n) is 5.12. The lowest BCUT2D eigenvalue weighted by molar-refractivity contribution is -0.274. The summed E-state index contributed by atoms with van der Waals surface area (Å²) in [5, 5.41) is 3.08. The highest BCUT2D eigenvalue weighted by Crippen LogP contribution is 2.28. The van der Waals surface area contributed by atoms with E-state index in [0.29, 0.717) is 22.7 Å². The molecule has 0 atom stereocenters. The highest BCUT2D eigenvalue weighted by atomic mass is 19.4. The first-order valence-electron chi connectivity index (χ1n) is 9.72. The monoisotopic (exact) mass is 406 g/mol. The summed E-state index contributed by atoms with van der Waals surface area (Å²) in [4.78, 5) is 15.1. The number of nitrogens with one attached hydrogen (secondary N) is 1. The highest BCUT2D eigenvalue weighted by Gasteiger charge is 2.31. The van der Waals surface area contributed by atoms with Gasteiger partial charge in [-0.15, -0.1) is 13.2 Å². The maximum absolute atomic E-state index is 12.7. The molecule has 1 aliphatic rings. The summed E-state index contributed by atoms with van der Waals surface area (Å²) < 4.78 is 41.4. The van der Waals surface area contributed by atoms with Crippen LogP contribution in [0.25, 0.3) is 11.1 Å². The van der Waals surface area contributed by atoms with Crippen molar-refractivity contribution >= 4 is 5.91 Å². The van der Waals surface area contributed by atoms with E-state index >= 15 is 0 Å². The number of carbonyl (C=O) groups excluding carboxylic acids is 1. The first-order valence-corrected chi connectivity index (χ1v) is 9.72. The van der Waals surface area contributed by atoms with E-state index in [-0.39, 0.29) is 17.7 Å². The van der Waals surface area contributed by atoms with E-state index in [1.807, 2.05) is 0 Å². The van der Waals surface area contributed by atoms with Gasteiger partial charge in [0.1, 0.15) is 5.75 Å². The molecule has 0 radical (unpaired) electrons. The average molecular weight is 406 g/mol. The fourth-order valence-electron chi connectivity index (χ4n) is 3.54. The average Bonchev–Trinajstić information content (AvgIpc) is 2.67. The SMILES string of the molecule is CC(C)N1CCC(NC(=O)c2cccc(-c3cccc(OC(F)(F)F)c3)c2)CC1. The van der Waals surface area contributed by atoms with Crippen LogP contribution in [0.15, 0.2) is 48.5 Å². The number of benzene rings is 2. The fourth-order valence-corrected chi connectivity index (χ4v) is 3.54. The molecule has 0 saturated carbocycles. The molecule has 0 unspecified atom stereocenters. The summed E-state index contributed by atoms with van der Waals surface area (Å²) >= 11 is 0. The van der Waals surface area contributed by atoms with Crippen LogP contribution in [0.4, 0.5) is 13.2 Å². The summed E-state index contributed by atoms with van der Waals surface area (Å²) in [6.07, 6.45) is -2.94. The van der Waals surface area contributed by atoms with Gasteiger partial charge in [0.25, 0.3) is 5.91 Å². The van der Waals surface area contributed by atoms with Crippen molar-refractivity contribution in [2.24, 2.45) is 0 Å². The number of ether oxygens (including phenoxy) is 1. The third-order valence-corrected chi connectivity index (χ3v) is 5.12. The number of nitrogens with zero attached hydrogens (tertiary/aromatic N) is 1. The van der Waals surface area contributed by atoms with Crippen molar-refractivity contribution < 1.29 is 22.7 Å². The van der Waals surface area contributed by atoms with E-state index < -0.39 is 6.36 Å². The summed E-state index contributed by atoms with van der Waals surface area (Å²) in [7, 11) is 0. The summed E-state index contributed by atoms with van der Waals surface area (Å²) in [5.41, 5.74) is 1.68. The van der Waals surface area contributed by atoms with Gasteiger partial charge in [-0.25, -0.2) is 0 Å². The molecular formula is C22H25F3N2O2. The van der Waals surface area contributed by atoms with Crippen molar-refractivity contribution in [2.75, 3.05) is 13.1 Å². The molecule has 1 N–H and O–H groups in total. The molecule has 1 saturated heterocycles. The first-order chi connectivity index (χ1) is 13.7. The Morgan fingerprint density at radius 1 is 1.07 bits per heavy atom. The van der Waals surface area contributed by atoms with Gasteiger partial charge in [0, 0.05) is 30.7 Å². The molecule has 1 aliphatic heterocycles. The molecule has 2 aromatic rings. The Kier molecular flexibility index (Phi) is 6.47. The molecule has 1 heterocycles. The summed E-state index contributed by atoms with van der Waals surface area (Å²) in [6.45, 7) is 6.24. The maximum atomic E-state index is 12.7. The van der Waals surface area contributed by atoms with Crippen LogP contribution in [-0.2, 0) is 0 Å². The van der Waals surface area contributed by atoms with Gasteiger partial charge in [0.2, 0.25) is 0 Å². The summed E-state index contributed by atoms with van der Waals surface area (Å²) in [5.74, 6) is -0.459. The molecule has 4 nitrogen and oxygen atoms in total. The highest BCUT2D eigenvalue weighted by molar-refractivity contribution is 5.95. The normalized spacial score (nSPS) is 16.1. The Labute approximate surface area is 168 Å². The molecule has 1 amide bonds. The van der Waals surface area contributed by atoms with E-state index in [1.165, 1.54) is 18.2 Å². The standard InChI is InChI=1S/C22H25F3N2O2/c1-15(2)27-11-9-19(10-12-27)26-21(28)18-7-3-5-16(13-18)17-6-4-8-20(14-17)29-22(23,24)25/h3-8,13-15,19H,9-12H2,1-2H3,(H,26,28). The number of piperidine rings is 1. The fraction of sp³-hybridized carbons (Fsp3) is 0.409. The molecule has 1 fully saturated rings. The molecule has 156 valence electrons. The van der Waals surface area contributed by atoms with Crippen LogP contribution in [0.5, 0.6) is 5.75 Å². The predicted octanol–water partition coefficient (Wildman–Crippen LogP) is 4.85. The maximum Gasteiger partial charge on any atom is 0.573 e. The second-order valence-electron chi connectivity index (χ2n) is 7.53. The molecule has 0 aliphatic carbocycles. The molecule has 0 spiro atoms. The lowest BCUT2D eigenvalue weighted by Gasteiger charge is -2.34. The zero-order chi connectivity index (χ0) is 21.0. The van der Waals surface area contributed by atoms with Crippen LogP contribution in [0.2, 0.25) is 0 Å². The molecule has 0 aromatic heterocycles. The van der Waals surface area contributed by atoms with Gasteiger partial charge < -0.3 is 15.0 Å². The van der Waals surface area contributed by atoms with Crippen molar-refractivity contribution in [3.8, 4) is 16.9 Å². The smallest absolute Gasteiger partial charge is 0.406 e. The summed E-state index contributed by atoms with van der Waals surface area (Å²) in [6, 6.07) is 13.2. The van der Waals surface area contributed by atoms with Crippen LogP contribution >= 0.6 is 0 Å². The third kappa shape index (κ3) is 5.97. The molecule has 7 heteroatoms. The van der Waals surface area contributed by atoms with E-state index in [1.54, 1.807) is 30.3 Å².